The Hall–Kier alpha value is -4.37. The van der Waals surface area contributed by atoms with Crippen LogP contribution in [0.25, 0.3) is 10.9 Å². The molecule has 0 bridgehead atoms. The molecule has 2 aromatic heterocycles. The van der Waals surface area contributed by atoms with Crippen LogP contribution in [0, 0.1) is 5.92 Å². The normalized spacial score (nSPS) is 16.6. The lowest BCUT2D eigenvalue weighted by molar-refractivity contribution is -0.118. The molecule has 2 aromatic carbocycles. The topological polar surface area (TPSA) is 102 Å². The van der Waals surface area contributed by atoms with Gasteiger partial charge in [0.15, 0.2) is 0 Å². The number of hydrogen-bond acceptors (Lipinski definition) is 5. The number of pyridine rings is 1. The van der Waals surface area contributed by atoms with E-state index in [0.717, 1.165) is 56.0 Å². The quantitative estimate of drug-likeness (QED) is 0.365. The number of aromatic nitrogens is 2. The van der Waals surface area contributed by atoms with Gasteiger partial charge in [0.1, 0.15) is 5.82 Å². The zero-order valence-electron chi connectivity index (χ0n) is 24.6. The van der Waals surface area contributed by atoms with Crippen molar-refractivity contribution in [2.45, 2.75) is 19.3 Å². The van der Waals surface area contributed by atoms with Gasteiger partial charge in [0, 0.05) is 74.7 Å². The maximum absolute atomic E-state index is 13.1. The van der Waals surface area contributed by atoms with Crippen molar-refractivity contribution in [2.75, 3.05) is 63.2 Å². The van der Waals surface area contributed by atoms with E-state index in [1.54, 1.807) is 11.1 Å². The number of H-pyrrole nitrogens is 1. The molecule has 42 heavy (non-hydrogen) atoms. The summed E-state index contributed by atoms with van der Waals surface area (Å²) in [5.74, 6) is 1.66. The molecule has 9 nitrogen and oxygen atoms in total. The first-order valence-electron chi connectivity index (χ1n) is 14.7. The fraction of sp³-hybridized carbons (Fsp3) is 0.364. The summed E-state index contributed by atoms with van der Waals surface area (Å²) in [6, 6.07) is 22.1. The lowest BCUT2D eigenvalue weighted by atomic mass is 9.91. The van der Waals surface area contributed by atoms with E-state index in [9.17, 15) is 9.59 Å². The Bertz CT molecular complexity index is 1480. The Morgan fingerprint density at radius 3 is 2.45 bits per heavy atom. The van der Waals surface area contributed by atoms with Crippen molar-refractivity contribution < 1.29 is 9.59 Å². The fourth-order valence-electron chi connectivity index (χ4n) is 5.97. The van der Waals surface area contributed by atoms with E-state index in [1.807, 2.05) is 47.5 Å². The lowest BCUT2D eigenvalue weighted by Crippen LogP contribution is -2.50. The minimum absolute atomic E-state index is 0.219. The van der Waals surface area contributed by atoms with Gasteiger partial charge in [-0.1, -0.05) is 42.5 Å². The molecule has 0 radical (unpaired) electrons. The maximum atomic E-state index is 13.1. The zero-order valence-corrected chi connectivity index (χ0v) is 24.6. The molecule has 1 saturated heterocycles. The first-order valence-corrected chi connectivity index (χ1v) is 14.7. The summed E-state index contributed by atoms with van der Waals surface area (Å²) in [6.45, 7) is 4.74. The van der Waals surface area contributed by atoms with Crippen LogP contribution in [-0.2, 0) is 17.6 Å². The molecule has 1 atom stereocenters. The molecule has 1 unspecified atom stereocenters. The lowest BCUT2D eigenvalue weighted by Gasteiger charge is -2.36. The summed E-state index contributed by atoms with van der Waals surface area (Å²) in [4.78, 5) is 39.6. The number of nitrogens with one attached hydrogen (secondary N) is 1. The number of fused-ring (bicyclic) bond motifs is 2. The van der Waals surface area contributed by atoms with Crippen LogP contribution in [-0.4, -0.2) is 85.1 Å². The van der Waals surface area contributed by atoms with Gasteiger partial charge in [0.25, 0.3) is 0 Å². The standard InChI is InChI=1S/C23H27N3O.C10H14N4O/c1-25(2)15-17-13-18-7-3-6-10-22(18)26(16-17)23(27)12-11-19-14-24-21-9-5-4-8-20(19)21;11-10(15)14-7-5-13(6-8-14)9-3-1-2-4-12-9/h3-10,14,17,24H,11-13,15-16H2,1-2H3;1-4H,5-8H2,(H2,11,15). The van der Waals surface area contributed by atoms with E-state index in [1.165, 1.54) is 16.5 Å². The number of piperazine rings is 1. The SMILES string of the molecule is CN(C)CC1Cc2ccccc2N(C(=O)CCc2c[nH]c3ccccc23)C1.NC(=O)N1CCN(c2ccccn2)CC1. The zero-order chi connectivity index (χ0) is 29.5. The minimum atomic E-state index is -0.337. The Morgan fingerprint density at radius 2 is 1.71 bits per heavy atom. The third-order valence-corrected chi connectivity index (χ3v) is 8.00. The Labute approximate surface area is 247 Å². The molecule has 4 heterocycles. The van der Waals surface area contributed by atoms with Crippen LogP contribution in [0.15, 0.2) is 79.1 Å². The minimum Gasteiger partial charge on any atom is -0.361 e. The van der Waals surface area contributed by atoms with Crippen LogP contribution in [0.2, 0.25) is 0 Å². The van der Waals surface area contributed by atoms with E-state index in [-0.39, 0.29) is 11.9 Å². The third kappa shape index (κ3) is 7.09. The number of aryl methyl sites for hydroxylation is 1. The van der Waals surface area contributed by atoms with E-state index in [2.05, 4.69) is 64.2 Å². The van der Waals surface area contributed by atoms with E-state index >= 15 is 0 Å². The molecule has 2 aliphatic rings. The number of benzene rings is 2. The Morgan fingerprint density at radius 1 is 0.976 bits per heavy atom. The van der Waals surface area contributed by atoms with Crippen LogP contribution < -0.4 is 15.5 Å². The Kier molecular flexibility index (Phi) is 9.38. The van der Waals surface area contributed by atoms with Gasteiger partial charge in [-0.2, -0.15) is 0 Å². The van der Waals surface area contributed by atoms with Crippen molar-refractivity contribution in [1.29, 1.82) is 0 Å². The van der Waals surface area contributed by atoms with Crippen molar-refractivity contribution in [1.82, 2.24) is 19.8 Å². The molecule has 3 amide bonds. The summed E-state index contributed by atoms with van der Waals surface area (Å²) in [5, 5.41) is 1.22. The van der Waals surface area contributed by atoms with Crippen molar-refractivity contribution >= 4 is 34.3 Å². The van der Waals surface area contributed by atoms with E-state index in [0.29, 0.717) is 25.4 Å². The average Bonchev–Trinajstić information content (AvgIpc) is 3.43. The molecule has 6 rings (SSSR count). The molecular formula is C33H41N7O2. The highest BCUT2D eigenvalue weighted by Gasteiger charge is 2.28. The molecule has 9 heteroatoms. The number of carbonyl (C=O) groups is 2. The van der Waals surface area contributed by atoms with Gasteiger partial charge >= 0.3 is 6.03 Å². The molecule has 0 aliphatic carbocycles. The molecule has 1 fully saturated rings. The van der Waals surface area contributed by atoms with Crippen molar-refractivity contribution in [3.05, 3.63) is 90.3 Å². The second-order valence-corrected chi connectivity index (χ2v) is 11.3. The van der Waals surface area contributed by atoms with Crippen LogP contribution in [0.5, 0.6) is 0 Å². The van der Waals surface area contributed by atoms with Crippen LogP contribution >= 0.6 is 0 Å². The van der Waals surface area contributed by atoms with Gasteiger partial charge in [-0.15, -0.1) is 0 Å². The predicted octanol–water partition coefficient (Wildman–Crippen LogP) is 4.15. The molecule has 220 valence electrons. The second-order valence-electron chi connectivity index (χ2n) is 11.3. The van der Waals surface area contributed by atoms with Gasteiger partial charge in [0.2, 0.25) is 5.91 Å². The number of primary amides is 1. The number of rotatable bonds is 6. The number of anilines is 2. The monoisotopic (exact) mass is 567 g/mol. The van der Waals surface area contributed by atoms with E-state index in [4.69, 9.17) is 5.73 Å². The molecule has 3 N–H and O–H groups in total. The van der Waals surface area contributed by atoms with Crippen LogP contribution in [0.3, 0.4) is 0 Å². The maximum Gasteiger partial charge on any atom is 0.314 e. The molecule has 0 spiro atoms. The van der Waals surface area contributed by atoms with E-state index < -0.39 is 0 Å². The number of aromatic amines is 1. The summed E-state index contributed by atoms with van der Waals surface area (Å²) in [6.07, 6.45) is 6.15. The summed E-state index contributed by atoms with van der Waals surface area (Å²) in [7, 11) is 4.20. The first kappa shape index (κ1) is 29.1. The smallest absolute Gasteiger partial charge is 0.314 e. The molecular weight excluding hydrogens is 526 g/mol. The van der Waals surface area contributed by atoms with Crippen LogP contribution in [0.4, 0.5) is 16.3 Å². The molecule has 2 aliphatic heterocycles. The highest BCUT2D eigenvalue weighted by molar-refractivity contribution is 5.95. The first-order chi connectivity index (χ1) is 20.4. The summed E-state index contributed by atoms with van der Waals surface area (Å²) < 4.78 is 0. The van der Waals surface area contributed by atoms with Gasteiger partial charge in [0.05, 0.1) is 0 Å². The summed E-state index contributed by atoms with van der Waals surface area (Å²) in [5.41, 5.74) is 9.94. The number of hydrogen-bond donors (Lipinski definition) is 2. The van der Waals surface area contributed by atoms with Gasteiger partial charge in [-0.05, 0) is 68.2 Å². The van der Waals surface area contributed by atoms with Gasteiger partial charge in [-0.3, -0.25) is 4.79 Å². The average molecular weight is 568 g/mol. The van der Waals surface area contributed by atoms with Gasteiger partial charge in [-0.25, -0.2) is 9.78 Å². The molecule has 0 saturated carbocycles. The highest BCUT2D eigenvalue weighted by Crippen LogP contribution is 2.31. The van der Waals surface area contributed by atoms with Crippen molar-refractivity contribution in [2.24, 2.45) is 11.7 Å². The second kappa shape index (κ2) is 13.5. The van der Waals surface area contributed by atoms with Crippen molar-refractivity contribution in [3.8, 4) is 0 Å². The number of carbonyl (C=O) groups excluding carboxylic acids is 2. The predicted molar refractivity (Wildman–Crippen MR) is 169 cm³/mol. The number of nitrogens with zero attached hydrogens (tertiary/aromatic N) is 5. The Balaban J connectivity index is 0.000000199. The number of para-hydroxylation sites is 2. The summed E-state index contributed by atoms with van der Waals surface area (Å²) >= 11 is 0. The largest absolute Gasteiger partial charge is 0.361 e. The highest BCUT2D eigenvalue weighted by atomic mass is 16.2. The third-order valence-electron chi connectivity index (χ3n) is 8.00. The number of nitrogens with two attached hydrogens (primary N) is 1. The van der Waals surface area contributed by atoms with Crippen LogP contribution in [0.1, 0.15) is 17.5 Å². The van der Waals surface area contributed by atoms with Gasteiger partial charge < -0.3 is 30.3 Å². The van der Waals surface area contributed by atoms with Crippen molar-refractivity contribution in [3.63, 3.8) is 0 Å². The fourth-order valence-corrected chi connectivity index (χ4v) is 5.97. The molecule has 4 aromatic rings. The number of urea groups is 1. The number of amides is 3.